The zero-order valence-corrected chi connectivity index (χ0v) is 11.7. The molecule has 1 amide bonds. The molecule has 0 fully saturated rings. The molecule has 104 valence electrons. The van der Waals surface area contributed by atoms with Gasteiger partial charge in [0.1, 0.15) is 5.75 Å². The van der Waals surface area contributed by atoms with Crippen LogP contribution in [0.1, 0.15) is 18.1 Å². The number of para-hydroxylation sites is 1. The van der Waals surface area contributed by atoms with Crippen molar-refractivity contribution in [3.8, 4) is 5.75 Å². The van der Waals surface area contributed by atoms with E-state index in [0.717, 1.165) is 30.0 Å². The summed E-state index contributed by atoms with van der Waals surface area (Å²) in [6.07, 6.45) is 1.64. The smallest absolute Gasteiger partial charge is 0.258 e. The lowest BCUT2D eigenvalue weighted by molar-refractivity contribution is -0.122. The van der Waals surface area contributed by atoms with Crippen molar-refractivity contribution in [3.05, 3.63) is 42.0 Å². The molecule has 2 N–H and O–H groups in total. The van der Waals surface area contributed by atoms with Gasteiger partial charge in [0, 0.05) is 18.7 Å². The standard InChI is InChI=1S/C15H22N2O2/c1-4-9-17-14(18)11-19-15-12(3)7-6-8-13(15)10-16-5-2/h4,6-8,16H,1,5,9-11H2,2-3H3,(H,17,18). The Kier molecular flexibility index (Phi) is 6.68. The number of carbonyl (C=O) groups excluding carboxylic acids is 1. The summed E-state index contributed by atoms with van der Waals surface area (Å²) >= 11 is 0. The average Bonchev–Trinajstić information content (AvgIpc) is 2.41. The first-order valence-electron chi connectivity index (χ1n) is 6.48. The van der Waals surface area contributed by atoms with Crippen molar-refractivity contribution in [2.24, 2.45) is 0 Å². The Balaban J connectivity index is 2.65. The van der Waals surface area contributed by atoms with Gasteiger partial charge in [0.05, 0.1) is 0 Å². The molecule has 0 unspecified atom stereocenters. The molecule has 0 saturated heterocycles. The van der Waals surface area contributed by atoms with Crippen LogP contribution in [0.25, 0.3) is 0 Å². The lowest BCUT2D eigenvalue weighted by Crippen LogP contribution is -2.29. The molecule has 1 rings (SSSR count). The van der Waals surface area contributed by atoms with Crippen LogP contribution in [0, 0.1) is 6.92 Å². The van der Waals surface area contributed by atoms with E-state index in [1.807, 2.05) is 25.1 Å². The van der Waals surface area contributed by atoms with Crippen LogP contribution < -0.4 is 15.4 Å². The summed E-state index contributed by atoms with van der Waals surface area (Å²) in [4.78, 5) is 11.5. The monoisotopic (exact) mass is 262 g/mol. The van der Waals surface area contributed by atoms with Crippen molar-refractivity contribution in [2.75, 3.05) is 19.7 Å². The summed E-state index contributed by atoms with van der Waals surface area (Å²) in [6, 6.07) is 5.98. The second kappa shape index (κ2) is 8.32. The SMILES string of the molecule is C=CCNC(=O)COc1c(C)cccc1CNCC. The van der Waals surface area contributed by atoms with E-state index in [9.17, 15) is 4.79 Å². The fourth-order valence-electron chi connectivity index (χ4n) is 1.69. The third kappa shape index (κ3) is 5.14. The minimum Gasteiger partial charge on any atom is -0.483 e. The van der Waals surface area contributed by atoms with Gasteiger partial charge >= 0.3 is 0 Å². The third-order valence-electron chi connectivity index (χ3n) is 2.65. The number of hydrogen-bond donors (Lipinski definition) is 2. The first-order chi connectivity index (χ1) is 9.19. The van der Waals surface area contributed by atoms with Crippen LogP contribution in [0.15, 0.2) is 30.9 Å². The van der Waals surface area contributed by atoms with Crippen LogP contribution in [-0.4, -0.2) is 25.6 Å². The van der Waals surface area contributed by atoms with Crippen LogP contribution in [0.2, 0.25) is 0 Å². The maximum absolute atomic E-state index is 11.5. The van der Waals surface area contributed by atoms with Crippen molar-refractivity contribution < 1.29 is 9.53 Å². The van der Waals surface area contributed by atoms with Gasteiger partial charge in [0.25, 0.3) is 5.91 Å². The van der Waals surface area contributed by atoms with Crippen molar-refractivity contribution in [2.45, 2.75) is 20.4 Å². The highest BCUT2D eigenvalue weighted by atomic mass is 16.5. The van der Waals surface area contributed by atoms with Crippen molar-refractivity contribution in [3.63, 3.8) is 0 Å². The van der Waals surface area contributed by atoms with Gasteiger partial charge in [-0.1, -0.05) is 31.2 Å². The molecule has 4 heteroatoms. The Morgan fingerprint density at radius 3 is 2.95 bits per heavy atom. The van der Waals surface area contributed by atoms with E-state index in [0.29, 0.717) is 6.54 Å². The maximum atomic E-state index is 11.5. The van der Waals surface area contributed by atoms with Crippen LogP contribution in [0.3, 0.4) is 0 Å². The first kappa shape index (κ1) is 15.2. The van der Waals surface area contributed by atoms with Gasteiger partial charge in [-0.2, -0.15) is 0 Å². The Bertz CT molecular complexity index is 430. The van der Waals surface area contributed by atoms with E-state index in [1.54, 1.807) is 6.08 Å². The number of amides is 1. The maximum Gasteiger partial charge on any atom is 0.258 e. The number of rotatable bonds is 8. The van der Waals surface area contributed by atoms with E-state index in [-0.39, 0.29) is 12.5 Å². The molecule has 0 aliphatic rings. The second-order valence-electron chi connectivity index (χ2n) is 4.22. The van der Waals surface area contributed by atoms with Gasteiger partial charge in [-0.3, -0.25) is 4.79 Å². The summed E-state index contributed by atoms with van der Waals surface area (Å²) in [5.74, 6) is 0.648. The summed E-state index contributed by atoms with van der Waals surface area (Å²) < 4.78 is 5.64. The Morgan fingerprint density at radius 2 is 2.26 bits per heavy atom. The highest BCUT2D eigenvalue weighted by Gasteiger charge is 2.08. The molecule has 0 bridgehead atoms. The first-order valence-corrected chi connectivity index (χ1v) is 6.48. The Labute approximate surface area is 114 Å². The fraction of sp³-hybridized carbons (Fsp3) is 0.400. The van der Waals surface area contributed by atoms with Gasteiger partial charge < -0.3 is 15.4 Å². The number of ether oxygens (including phenoxy) is 1. The molecule has 0 aliphatic heterocycles. The molecule has 19 heavy (non-hydrogen) atoms. The molecule has 4 nitrogen and oxygen atoms in total. The van der Waals surface area contributed by atoms with Crippen molar-refractivity contribution in [1.82, 2.24) is 10.6 Å². The molecule has 0 aliphatic carbocycles. The molecule has 0 aromatic heterocycles. The molecule has 1 aromatic rings. The lowest BCUT2D eigenvalue weighted by atomic mass is 10.1. The second-order valence-corrected chi connectivity index (χ2v) is 4.22. The molecular weight excluding hydrogens is 240 g/mol. The molecule has 0 radical (unpaired) electrons. The van der Waals surface area contributed by atoms with E-state index in [2.05, 4.69) is 24.1 Å². The Hall–Kier alpha value is -1.81. The van der Waals surface area contributed by atoms with Crippen molar-refractivity contribution in [1.29, 1.82) is 0 Å². The predicted octanol–water partition coefficient (Wildman–Crippen LogP) is 1.79. The van der Waals surface area contributed by atoms with Gasteiger partial charge in [-0.05, 0) is 19.0 Å². The van der Waals surface area contributed by atoms with Crippen molar-refractivity contribution >= 4 is 5.91 Å². The van der Waals surface area contributed by atoms with E-state index >= 15 is 0 Å². The largest absolute Gasteiger partial charge is 0.483 e. The zero-order chi connectivity index (χ0) is 14.1. The summed E-state index contributed by atoms with van der Waals surface area (Å²) in [5.41, 5.74) is 2.10. The minimum atomic E-state index is -0.141. The fourth-order valence-corrected chi connectivity index (χ4v) is 1.69. The van der Waals surface area contributed by atoms with E-state index < -0.39 is 0 Å². The number of nitrogens with one attached hydrogen (secondary N) is 2. The highest BCUT2D eigenvalue weighted by Crippen LogP contribution is 2.23. The zero-order valence-electron chi connectivity index (χ0n) is 11.7. The summed E-state index contributed by atoms with van der Waals surface area (Å²) in [7, 11) is 0. The molecule has 0 spiro atoms. The number of benzene rings is 1. The highest BCUT2D eigenvalue weighted by molar-refractivity contribution is 5.77. The van der Waals surface area contributed by atoms with E-state index in [4.69, 9.17) is 4.74 Å². The summed E-state index contributed by atoms with van der Waals surface area (Å²) in [5, 5.41) is 5.95. The van der Waals surface area contributed by atoms with Gasteiger partial charge in [0.15, 0.2) is 6.61 Å². The third-order valence-corrected chi connectivity index (χ3v) is 2.65. The quantitative estimate of drug-likeness (QED) is 0.702. The normalized spacial score (nSPS) is 10.0. The summed E-state index contributed by atoms with van der Waals surface area (Å²) in [6.45, 7) is 9.70. The van der Waals surface area contributed by atoms with Gasteiger partial charge in [-0.25, -0.2) is 0 Å². The predicted molar refractivity (Wildman–Crippen MR) is 77.3 cm³/mol. The molecule has 0 saturated carbocycles. The van der Waals surface area contributed by atoms with Crippen LogP contribution in [0.5, 0.6) is 5.75 Å². The average molecular weight is 262 g/mol. The van der Waals surface area contributed by atoms with Gasteiger partial charge in [0.2, 0.25) is 0 Å². The number of carbonyl (C=O) groups is 1. The van der Waals surface area contributed by atoms with Crippen LogP contribution in [0.4, 0.5) is 0 Å². The molecule has 0 atom stereocenters. The molecule has 1 aromatic carbocycles. The minimum absolute atomic E-state index is 0.0256. The topological polar surface area (TPSA) is 50.4 Å². The van der Waals surface area contributed by atoms with Crippen LogP contribution in [-0.2, 0) is 11.3 Å². The molecule has 0 heterocycles. The van der Waals surface area contributed by atoms with E-state index in [1.165, 1.54) is 0 Å². The lowest BCUT2D eigenvalue weighted by Gasteiger charge is -2.14. The number of aryl methyl sites for hydroxylation is 1. The number of hydrogen-bond acceptors (Lipinski definition) is 3. The Morgan fingerprint density at radius 1 is 1.47 bits per heavy atom. The molecular formula is C15H22N2O2. The van der Waals surface area contributed by atoms with Crippen LogP contribution >= 0.6 is 0 Å². The van der Waals surface area contributed by atoms with Gasteiger partial charge in [-0.15, -0.1) is 6.58 Å².